The fourth-order valence-electron chi connectivity index (χ4n) is 7.65. The van der Waals surface area contributed by atoms with Crippen LogP contribution in [-0.4, -0.2) is 37.2 Å². The van der Waals surface area contributed by atoms with Gasteiger partial charge in [-0.15, -0.1) is 0 Å². The largest absolute Gasteiger partial charge is 0.462 e. The topological polar surface area (TPSA) is 78.9 Å². The zero-order valence-electron chi connectivity index (χ0n) is 51.2. The summed E-state index contributed by atoms with van der Waals surface area (Å²) in [5.41, 5.74) is 0. The summed E-state index contributed by atoms with van der Waals surface area (Å²) < 4.78 is 16.8. The Bertz CT molecular complexity index is 2000. The van der Waals surface area contributed by atoms with E-state index in [0.29, 0.717) is 19.3 Å². The normalized spacial score (nSPS) is 13.6. The van der Waals surface area contributed by atoms with Crippen LogP contribution in [0.3, 0.4) is 0 Å². The van der Waals surface area contributed by atoms with Gasteiger partial charge in [0.1, 0.15) is 13.2 Å². The van der Waals surface area contributed by atoms with Gasteiger partial charge in [-0.05, 0) is 167 Å². The summed E-state index contributed by atoms with van der Waals surface area (Å²) in [4.78, 5) is 38.4. The second-order valence-electron chi connectivity index (χ2n) is 19.8. The Labute approximate surface area is 496 Å². The number of hydrogen-bond donors (Lipinski definition) is 0. The molecule has 0 aliphatic heterocycles. The van der Waals surface area contributed by atoms with Crippen molar-refractivity contribution in [2.45, 2.75) is 232 Å². The maximum absolute atomic E-state index is 12.9. The van der Waals surface area contributed by atoms with Crippen LogP contribution in [0.1, 0.15) is 226 Å². The number of carbonyl (C=O) groups is 3. The van der Waals surface area contributed by atoms with E-state index in [1.54, 1.807) is 0 Å². The lowest BCUT2D eigenvalue weighted by Crippen LogP contribution is -2.30. The standard InChI is InChI=1S/C75H112O6/c1-4-7-10-13-16-19-22-25-28-31-34-36-37-39-41-44-47-50-53-56-59-62-65-68-74(77)80-71-72(70-79-73(76)67-64-61-58-55-52-49-46-43-40-33-30-27-24-21-18-15-12-9-6-3)81-75(78)69-66-63-60-57-54-51-48-45-42-38-35-32-29-26-23-20-17-14-11-8-5-2/h7-12,16-21,25-30,34-36,38-41,43,45,47-50,52,54,57,72H,4-6,13-15,22-24,31-33,37,42,44,46,51,53,55-56,58-71H2,1-3H3/b10-7-,11-8-,12-9-,19-16-,20-17-,21-18-,28-25-,29-26-,30-27-,36-34-,38-35-,41-39-,43-40-,48-45-,50-47-,52-49-,57-54-. The Hall–Kier alpha value is -6.01. The minimum atomic E-state index is -0.842. The van der Waals surface area contributed by atoms with E-state index in [-0.39, 0.29) is 37.5 Å². The molecule has 0 bridgehead atoms. The molecular weight excluding hydrogens is 997 g/mol. The molecule has 448 valence electrons. The van der Waals surface area contributed by atoms with Crippen LogP contribution < -0.4 is 0 Å². The highest BCUT2D eigenvalue weighted by atomic mass is 16.6. The van der Waals surface area contributed by atoms with Crippen molar-refractivity contribution < 1.29 is 28.6 Å². The molecular formula is C75H112O6. The molecule has 0 saturated carbocycles. The van der Waals surface area contributed by atoms with Crippen LogP contribution in [0.5, 0.6) is 0 Å². The first-order chi connectivity index (χ1) is 40.0. The number of rotatable bonds is 54. The summed E-state index contributed by atoms with van der Waals surface area (Å²) in [7, 11) is 0. The van der Waals surface area contributed by atoms with Crippen molar-refractivity contribution in [1.29, 1.82) is 0 Å². The zero-order valence-corrected chi connectivity index (χ0v) is 51.2. The highest BCUT2D eigenvalue weighted by molar-refractivity contribution is 5.71. The SMILES string of the molecule is CC/C=C\C/C=C\C/C=C\C/C=C\C/C=C\C/C=C\CCCCCCC(=O)OCC(COC(=O)CCCCC/C=C\C/C=C\C/C=C\C/C=C\C/C=C\CC)OC(=O)CCCC/C=C\C/C=C\C/C=C\C/C=C\C/C=C\C/C=C\CC. The predicted octanol–water partition coefficient (Wildman–Crippen LogP) is 22.0. The highest BCUT2D eigenvalue weighted by Crippen LogP contribution is 2.12. The first-order valence-corrected chi connectivity index (χ1v) is 31.6. The monoisotopic (exact) mass is 1110 g/mol. The third-order valence-corrected chi connectivity index (χ3v) is 12.3. The Balaban J connectivity index is 4.64. The number of hydrogen-bond acceptors (Lipinski definition) is 6. The zero-order chi connectivity index (χ0) is 58.5. The van der Waals surface area contributed by atoms with Gasteiger partial charge in [0.05, 0.1) is 0 Å². The van der Waals surface area contributed by atoms with Gasteiger partial charge < -0.3 is 14.2 Å². The van der Waals surface area contributed by atoms with Gasteiger partial charge >= 0.3 is 17.9 Å². The Morgan fingerprint density at radius 2 is 0.444 bits per heavy atom. The molecule has 0 saturated heterocycles. The van der Waals surface area contributed by atoms with E-state index in [2.05, 4.69) is 227 Å². The predicted molar refractivity (Wildman–Crippen MR) is 352 cm³/mol. The summed E-state index contributed by atoms with van der Waals surface area (Å²) in [5.74, 6) is -1.04. The number of ether oxygens (including phenoxy) is 3. The summed E-state index contributed by atoms with van der Waals surface area (Å²) in [6, 6.07) is 0. The molecule has 0 aromatic rings. The van der Waals surface area contributed by atoms with Gasteiger partial charge in [-0.2, -0.15) is 0 Å². The van der Waals surface area contributed by atoms with Crippen LogP contribution in [0, 0.1) is 0 Å². The van der Waals surface area contributed by atoms with Crippen molar-refractivity contribution in [2.24, 2.45) is 0 Å². The molecule has 0 N–H and O–H groups in total. The lowest BCUT2D eigenvalue weighted by molar-refractivity contribution is -0.167. The van der Waals surface area contributed by atoms with Gasteiger partial charge in [-0.25, -0.2) is 0 Å². The van der Waals surface area contributed by atoms with Crippen LogP contribution in [-0.2, 0) is 28.6 Å². The van der Waals surface area contributed by atoms with Gasteiger partial charge in [0.25, 0.3) is 0 Å². The van der Waals surface area contributed by atoms with Crippen LogP contribution >= 0.6 is 0 Å². The molecule has 1 atom stereocenters. The highest BCUT2D eigenvalue weighted by Gasteiger charge is 2.19. The molecule has 6 nitrogen and oxygen atoms in total. The number of allylic oxidation sites excluding steroid dienone is 34. The fourth-order valence-corrected chi connectivity index (χ4v) is 7.65. The van der Waals surface area contributed by atoms with Gasteiger partial charge in [-0.3, -0.25) is 14.4 Å². The minimum Gasteiger partial charge on any atom is -0.462 e. The molecule has 81 heavy (non-hydrogen) atoms. The van der Waals surface area contributed by atoms with Crippen molar-refractivity contribution in [3.8, 4) is 0 Å². The molecule has 0 aliphatic rings. The van der Waals surface area contributed by atoms with Crippen molar-refractivity contribution in [3.05, 3.63) is 207 Å². The molecule has 0 amide bonds. The molecule has 0 aromatic heterocycles. The van der Waals surface area contributed by atoms with E-state index in [1.165, 1.54) is 0 Å². The van der Waals surface area contributed by atoms with E-state index >= 15 is 0 Å². The lowest BCUT2D eigenvalue weighted by atomic mass is 10.1. The third kappa shape index (κ3) is 64.7. The van der Waals surface area contributed by atoms with E-state index < -0.39 is 6.10 Å². The quantitative estimate of drug-likeness (QED) is 0.0261. The number of esters is 3. The maximum atomic E-state index is 12.9. The molecule has 0 radical (unpaired) electrons. The first-order valence-electron chi connectivity index (χ1n) is 31.6. The maximum Gasteiger partial charge on any atom is 0.306 e. The van der Waals surface area contributed by atoms with Crippen molar-refractivity contribution >= 4 is 17.9 Å². The van der Waals surface area contributed by atoms with E-state index in [9.17, 15) is 14.4 Å². The van der Waals surface area contributed by atoms with E-state index in [1.807, 2.05) is 0 Å². The second kappa shape index (κ2) is 66.5. The van der Waals surface area contributed by atoms with Gasteiger partial charge in [0.15, 0.2) is 6.10 Å². The lowest BCUT2D eigenvalue weighted by Gasteiger charge is -2.18. The van der Waals surface area contributed by atoms with Gasteiger partial charge in [-0.1, -0.05) is 247 Å². The Morgan fingerprint density at radius 1 is 0.247 bits per heavy atom. The molecule has 0 heterocycles. The third-order valence-electron chi connectivity index (χ3n) is 12.3. The molecule has 0 rings (SSSR count). The Kier molecular flexibility index (Phi) is 61.6. The average molecular weight is 1110 g/mol. The smallest absolute Gasteiger partial charge is 0.306 e. The van der Waals surface area contributed by atoms with Crippen molar-refractivity contribution in [1.82, 2.24) is 0 Å². The van der Waals surface area contributed by atoms with E-state index in [4.69, 9.17) is 14.2 Å². The van der Waals surface area contributed by atoms with Crippen LogP contribution in [0.15, 0.2) is 207 Å². The fraction of sp³-hybridized carbons (Fsp3) is 0.507. The first kappa shape index (κ1) is 75.0. The van der Waals surface area contributed by atoms with Crippen LogP contribution in [0.25, 0.3) is 0 Å². The average Bonchev–Trinajstić information content (AvgIpc) is 3.47. The number of unbranched alkanes of at least 4 members (excludes halogenated alkanes) is 9. The molecule has 0 spiro atoms. The summed E-state index contributed by atoms with van der Waals surface area (Å²) in [5, 5.41) is 0. The minimum absolute atomic E-state index is 0.133. The second-order valence-corrected chi connectivity index (χ2v) is 19.8. The summed E-state index contributed by atoms with van der Waals surface area (Å²) in [6.45, 7) is 6.19. The van der Waals surface area contributed by atoms with E-state index in [0.717, 1.165) is 180 Å². The number of carbonyl (C=O) groups excluding carboxylic acids is 3. The molecule has 1 unspecified atom stereocenters. The molecule has 6 heteroatoms. The van der Waals surface area contributed by atoms with Crippen LogP contribution in [0.2, 0.25) is 0 Å². The Morgan fingerprint density at radius 3 is 0.716 bits per heavy atom. The molecule has 0 fully saturated rings. The van der Waals surface area contributed by atoms with Crippen molar-refractivity contribution in [2.75, 3.05) is 13.2 Å². The summed E-state index contributed by atoms with van der Waals surface area (Å²) in [6.07, 6.45) is 102. The molecule has 0 aromatic carbocycles. The van der Waals surface area contributed by atoms with Crippen molar-refractivity contribution in [3.63, 3.8) is 0 Å². The van der Waals surface area contributed by atoms with Gasteiger partial charge in [0.2, 0.25) is 0 Å². The van der Waals surface area contributed by atoms with Crippen LogP contribution in [0.4, 0.5) is 0 Å². The van der Waals surface area contributed by atoms with Gasteiger partial charge in [0, 0.05) is 19.3 Å². The summed E-state index contributed by atoms with van der Waals surface area (Å²) >= 11 is 0. The molecule has 0 aliphatic carbocycles.